The molecule has 0 aliphatic carbocycles. The molecule has 0 atom stereocenters. The first kappa shape index (κ1) is 16.1. The van der Waals surface area contributed by atoms with E-state index in [2.05, 4.69) is 51.5 Å². The van der Waals surface area contributed by atoms with Crippen molar-refractivity contribution in [3.8, 4) is 11.3 Å². The summed E-state index contributed by atoms with van der Waals surface area (Å²) >= 11 is 5.33. The average molecular weight is 418 g/mol. The molecular formula is C15H18Br2N2S. The molecule has 1 fully saturated rings. The fraction of sp³-hybridized carbons (Fsp3) is 0.400. The molecule has 20 heavy (non-hydrogen) atoms. The fourth-order valence-electron chi connectivity index (χ4n) is 2.51. The quantitative estimate of drug-likeness (QED) is 0.686. The van der Waals surface area contributed by atoms with Crippen LogP contribution in [0.4, 0.5) is 0 Å². The molecule has 2 heterocycles. The molecule has 0 saturated carbocycles. The standard InChI is InChI=1S/C15H17BrN2S.BrH/c1-18-7-5-11(6-8-18)15-17-14(10-19-15)12-3-2-4-13(16)9-12;/h2-4,9-11H,5-8H2,1H3;1H. The third-order valence-corrected chi connectivity index (χ3v) is 5.21. The van der Waals surface area contributed by atoms with Crippen molar-refractivity contribution >= 4 is 44.2 Å². The lowest BCUT2D eigenvalue weighted by atomic mass is 9.98. The van der Waals surface area contributed by atoms with Crippen LogP contribution < -0.4 is 0 Å². The minimum atomic E-state index is 0. The smallest absolute Gasteiger partial charge is 0.0964 e. The highest BCUT2D eigenvalue weighted by atomic mass is 79.9. The Bertz CT molecular complexity index is 563. The van der Waals surface area contributed by atoms with Gasteiger partial charge in [-0.25, -0.2) is 4.98 Å². The second kappa shape index (κ2) is 7.16. The summed E-state index contributed by atoms with van der Waals surface area (Å²) in [6, 6.07) is 8.37. The van der Waals surface area contributed by atoms with Crippen LogP contribution in [0.5, 0.6) is 0 Å². The summed E-state index contributed by atoms with van der Waals surface area (Å²) in [4.78, 5) is 7.25. The summed E-state index contributed by atoms with van der Waals surface area (Å²) in [5.41, 5.74) is 2.31. The second-order valence-corrected chi connectivity index (χ2v) is 6.96. The fourth-order valence-corrected chi connectivity index (χ4v) is 3.91. The Labute approximate surface area is 143 Å². The zero-order chi connectivity index (χ0) is 13.2. The molecule has 1 aromatic heterocycles. The van der Waals surface area contributed by atoms with Gasteiger partial charge in [0.15, 0.2) is 0 Å². The van der Waals surface area contributed by atoms with Crippen LogP contribution in [-0.4, -0.2) is 30.0 Å². The Balaban J connectivity index is 0.00000147. The van der Waals surface area contributed by atoms with E-state index in [-0.39, 0.29) is 17.0 Å². The molecule has 1 aromatic carbocycles. The van der Waals surface area contributed by atoms with Gasteiger partial charge < -0.3 is 4.90 Å². The molecule has 0 bridgehead atoms. The number of benzene rings is 1. The molecule has 1 aliphatic rings. The number of halogens is 2. The van der Waals surface area contributed by atoms with Crippen LogP contribution in [0, 0.1) is 0 Å². The van der Waals surface area contributed by atoms with Gasteiger partial charge in [0.1, 0.15) is 0 Å². The molecule has 0 N–H and O–H groups in total. The summed E-state index contributed by atoms with van der Waals surface area (Å²) in [7, 11) is 2.20. The van der Waals surface area contributed by atoms with Crippen LogP contribution >= 0.6 is 44.2 Å². The maximum atomic E-state index is 4.85. The lowest BCUT2D eigenvalue weighted by Crippen LogP contribution is -2.29. The third kappa shape index (κ3) is 3.70. The average Bonchev–Trinajstić information content (AvgIpc) is 2.89. The van der Waals surface area contributed by atoms with Crippen LogP contribution in [-0.2, 0) is 0 Å². The van der Waals surface area contributed by atoms with Crippen molar-refractivity contribution in [2.45, 2.75) is 18.8 Å². The Morgan fingerprint density at radius 2 is 2.05 bits per heavy atom. The number of thiazole rings is 1. The minimum Gasteiger partial charge on any atom is -0.306 e. The molecule has 0 spiro atoms. The molecule has 0 unspecified atom stereocenters. The van der Waals surface area contributed by atoms with Gasteiger partial charge in [-0.15, -0.1) is 28.3 Å². The predicted octanol–water partition coefficient (Wildman–Crippen LogP) is 4.96. The van der Waals surface area contributed by atoms with Crippen molar-refractivity contribution in [1.29, 1.82) is 0 Å². The number of likely N-dealkylation sites (tertiary alicyclic amines) is 1. The van der Waals surface area contributed by atoms with Gasteiger partial charge in [0.25, 0.3) is 0 Å². The van der Waals surface area contributed by atoms with Crippen LogP contribution in [0.2, 0.25) is 0 Å². The van der Waals surface area contributed by atoms with Crippen LogP contribution in [0.1, 0.15) is 23.8 Å². The molecule has 1 aliphatic heterocycles. The molecule has 0 radical (unpaired) electrons. The van der Waals surface area contributed by atoms with Gasteiger partial charge in [0, 0.05) is 21.3 Å². The molecule has 3 rings (SSSR count). The summed E-state index contributed by atoms with van der Waals surface area (Å²) in [6.45, 7) is 2.38. The van der Waals surface area contributed by atoms with Crippen molar-refractivity contribution in [2.24, 2.45) is 0 Å². The van der Waals surface area contributed by atoms with E-state index in [1.54, 1.807) is 0 Å². The predicted molar refractivity (Wildman–Crippen MR) is 95.0 cm³/mol. The highest BCUT2D eigenvalue weighted by Gasteiger charge is 2.21. The van der Waals surface area contributed by atoms with E-state index in [0.29, 0.717) is 5.92 Å². The van der Waals surface area contributed by atoms with Gasteiger partial charge >= 0.3 is 0 Å². The number of hydrogen-bond acceptors (Lipinski definition) is 3. The van der Waals surface area contributed by atoms with E-state index in [1.807, 2.05) is 17.4 Å². The van der Waals surface area contributed by atoms with Gasteiger partial charge in [-0.1, -0.05) is 28.1 Å². The van der Waals surface area contributed by atoms with Crippen LogP contribution in [0.15, 0.2) is 34.1 Å². The molecule has 1 saturated heterocycles. The zero-order valence-corrected chi connectivity index (χ0v) is 15.5. The zero-order valence-electron chi connectivity index (χ0n) is 11.4. The second-order valence-electron chi connectivity index (χ2n) is 5.16. The van der Waals surface area contributed by atoms with Gasteiger partial charge in [0.2, 0.25) is 0 Å². The van der Waals surface area contributed by atoms with Crippen LogP contribution in [0.25, 0.3) is 11.3 Å². The molecular weight excluding hydrogens is 400 g/mol. The van der Waals surface area contributed by atoms with E-state index in [4.69, 9.17) is 4.98 Å². The Kier molecular flexibility index (Phi) is 5.78. The topological polar surface area (TPSA) is 16.1 Å². The normalized spacial score (nSPS) is 16.9. The lowest BCUT2D eigenvalue weighted by molar-refractivity contribution is 0.255. The molecule has 5 heteroatoms. The molecule has 2 aromatic rings. The minimum absolute atomic E-state index is 0. The largest absolute Gasteiger partial charge is 0.306 e. The Morgan fingerprint density at radius 3 is 2.75 bits per heavy atom. The molecule has 2 nitrogen and oxygen atoms in total. The first-order valence-corrected chi connectivity index (χ1v) is 8.29. The Hall–Kier alpha value is -0.230. The van der Waals surface area contributed by atoms with E-state index >= 15 is 0 Å². The van der Waals surface area contributed by atoms with E-state index < -0.39 is 0 Å². The first-order chi connectivity index (χ1) is 9.22. The number of aromatic nitrogens is 1. The van der Waals surface area contributed by atoms with E-state index in [1.165, 1.54) is 36.5 Å². The van der Waals surface area contributed by atoms with Crippen molar-refractivity contribution in [3.63, 3.8) is 0 Å². The Morgan fingerprint density at radius 1 is 1.30 bits per heavy atom. The summed E-state index contributed by atoms with van der Waals surface area (Å²) in [5, 5.41) is 3.50. The maximum Gasteiger partial charge on any atom is 0.0964 e. The summed E-state index contributed by atoms with van der Waals surface area (Å²) in [6.07, 6.45) is 2.48. The van der Waals surface area contributed by atoms with E-state index in [9.17, 15) is 0 Å². The van der Waals surface area contributed by atoms with Crippen LogP contribution in [0.3, 0.4) is 0 Å². The maximum absolute atomic E-state index is 4.85. The number of nitrogens with zero attached hydrogens (tertiary/aromatic N) is 2. The number of piperidine rings is 1. The number of hydrogen-bond donors (Lipinski definition) is 0. The molecule has 0 amide bonds. The van der Waals surface area contributed by atoms with E-state index in [0.717, 1.165) is 10.2 Å². The SMILES string of the molecule is Br.CN1CCC(c2nc(-c3cccc(Br)c3)cs2)CC1. The summed E-state index contributed by atoms with van der Waals surface area (Å²) < 4.78 is 1.11. The summed E-state index contributed by atoms with van der Waals surface area (Å²) in [5.74, 6) is 0.655. The highest BCUT2D eigenvalue weighted by molar-refractivity contribution is 9.10. The molecule has 108 valence electrons. The monoisotopic (exact) mass is 416 g/mol. The first-order valence-electron chi connectivity index (χ1n) is 6.62. The van der Waals surface area contributed by atoms with Gasteiger partial charge in [0.05, 0.1) is 10.7 Å². The van der Waals surface area contributed by atoms with Gasteiger partial charge in [-0.05, 0) is 45.1 Å². The third-order valence-electron chi connectivity index (χ3n) is 3.71. The van der Waals surface area contributed by atoms with Gasteiger partial charge in [-0.3, -0.25) is 0 Å². The number of rotatable bonds is 2. The van der Waals surface area contributed by atoms with Crippen molar-refractivity contribution in [2.75, 3.05) is 20.1 Å². The van der Waals surface area contributed by atoms with Crippen molar-refractivity contribution in [3.05, 3.63) is 39.1 Å². The lowest BCUT2D eigenvalue weighted by Gasteiger charge is -2.27. The highest BCUT2D eigenvalue weighted by Crippen LogP contribution is 2.33. The van der Waals surface area contributed by atoms with Crippen molar-refractivity contribution in [1.82, 2.24) is 9.88 Å². The van der Waals surface area contributed by atoms with Gasteiger partial charge in [-0.2, -0.15) is 0 Å². The van der Waals surface area contributed by atoms with Crippen molar-refractivity contribution < 1.29 is 0 Å².